The number of hydrogen-bond acceptors (Lipinski definition) is 2. The summed E-state index contributed by atoms with van der Waals surface area (Å²) >= 11 is 0. The standard InChI is InChI=1S/C20H34O2S/c1-17(2)9-7-11-19(5)13-15-23(21,22)16-14-20(6)12-8-10-18(3)4/h9-10,13-14H,7-8,11-12,15-16H2,1-6H3/b19-13-,20-14-. The molecule has 0 aliphatic heterocycles. The highest BCUT2D eigenvalue weighted by Gasteiger charge is 2.07. The highest BCUT2D eigenvalue weighted by atomic mass is 32.2. The van der Waals surface area contributed by atoms with Gasteiger partial charge in [0, 0.05) is 0 Å². The van der Waals surface area contributed by atoms with Gasteiger partial charge in [0.25, 0.3) is 0 Å². The number of rotatable bonds is 10. The first-order valence-corrected chi connectivity index (χ1v) is 10.2. The number of allylic oxidation sites excluding steroid dienone is 6. The van der Waals surface area contributed by atoms with Gasteiger partial charge in [0.1, 0.15) is 0 Å². The predicted octanol–water partition coefficient (Wildman–Crippen LogP) is 5.79. The summed E-state index contributed by atoms with van der Waals surface area (Å²) in [6.45, 7) is 12.3. The van der Waals surface area contributed by atoms with Gasteiger partial charge in [-0.2, -0.15) is 0 Å². The Hall–Kier alpha value is -1.09. The highest BCUT2D eigenvalue weighted by molar-refractivity contribution is 7.91. The molecule has 0 rings (SSSR count). The maximum absolute atomic E-state index is 12.1. The van der Waals surface area contributed by atoms with E-state index in [9.17, 15) is 8.42 Å². The van der Waals surface area contributed by atoms with Crippen molar-refractivity contribution in [1.29, 1.82) is 0 Å². The molecule has 0 aromatic rings. The molecule has 0 aromatic carbocycles. The molecule has 2 nitrogen and oxygen atoms in total. The van der Waals surface area contributed by atoms with E-state index in [1.54, 1.807) is 0 Å². The van der Waals surface area contributed by atoms with Crippen LogP contribution in [0.2, 0.25) is 0 Å². The van der Waals surface area contributed by atoms with Crippen LogP contribution in [0.3, 0.4) is 0 Å². The molecule has 132 valence electrons. The number of hydrogen-bond donors (Lipinski definition) is 0. The van der Waals surface area contributed by atoms with Gasteiger partial charge in [-0.25, -0.2) is 8.42 Å². The molecule has 0 fully saturated rings. The van der Waals surface area contributed by atoms with Crippen molar-refractivity contribution in [3.8, 4) is 0 Å². The van der Waals surface area contributed by atoms with Gasteiger partial charge in [-0.3, -0.25) is 0 Å². The van der Waals surface area contributed by atoms with Gasteiger partial charge in [-0.15, -0.1) is 0 Å². The normalized spacial score (nSPS) is 13.0. The smallest absolute Gasteiger partial charge is 0.157 e. The van der Waals surface area contributed by atoms with E-state index in [-0.39, 0.29) is 11.5 Å². The van der Waals surface area contributed by atoms with Crippen LogP contribution in [0.25, 0.3) is 0 Å². The van der Waals surface area contributed by atoms with Gasteiger partial charge >= 0.3 is 0 Å². The summed E-state index contributed by atoms with van der Waals surface area (Å²) in [5, 5.41) is 0. The topological polar surface area (TPSA) is 34.1 Å². The first kappa shape index (κ1) is 21.9. The fraction of sp³-hybridized carbons (Fsp3) is 0.600. The maximum Gasteiger partial charge on any atom is 0.157 e. The van der Waals surface area contributed by atoms with Crippen molar-refractivity contribution in [2.24, 2.45) is 0 Å². The summed E-state index contributed by atoms with van der Waals surface area (Å²) in [5.41, 5.74) is 4.91. The Balaban J connectivity index is 4.37. The van der Waals surface area contributed by atoms with Crippen molar-refractivity contribution >= 4 is 9.84 Å². The van der Waals surface area contributed by atoms with Crippen molar-refractivity contribution in [3.63, 3.8) is 0 Å². The van der Waals surface area contributed by atoms with Crippen molar-refractivity contribution in [1.82, 2.24) is 0 Å². The first-order chi connectivity index (χ1) is 10.6. The fourth-order valence-electron chi connectivity index (χ4n) is 1.99. The van der Waals surface area contributed by atoms with Gasteiger partial charge in [-0.05, 0) is 67.2 Å². The summed E-state index contributed by atoms with van der Waals surface area (Å²) in [5.74, 6) is 0.289. The molecule has 0 N–H and O–H groups in total. The number of sulfone groups is 1. The Bertz CT molecular complexity index is 519. The molecule has 0 unspecified atom stereocenters. The van der Waals surface area contributed by atoms with E-state index < -0.39 is 9.84 Å². The van der Waals surface area contributed by atoms with Gasteiger partial charge in [0.05, 0.1) is 11.5 Å². The van der Waals surface area contributed by atoms with Crippen LogP contribution in [-0.4, -0.2) is 19.9 Å². The van der Waals surface area contributed by atoms with Gasteiger partial charge in [-0.1, -0.05) is 46.6 Å². The Morgan fingerprint density at radius 3 is 1.30 bits per heavy atom. The zero-order chi connectivity index (χ0) is 17.9. The Morgan fingerprint density at radius 2 is 1.00 bits per heavy atom. The second-order valence-corrected chi connectivity index (χ2v) is 8.97. The van der Waals surface area contributed by atoms with Crippen LogP contribution < -0.4 is 0 Å². The van der Waals surface area contributed by atoms with Crippen LogP contribution in [0.4, 0.5) is 0 Å². The summed E-state index contributed by atoms with van der Waals surface area (Å²) in [4.78, 5) is 0. The van der Waals surface area contributed by atoms with Crippen molar-refractivity contribution in [3.05, 3.63) is 46.6 Å². The summed E-state index contributed by atoms with van der Waals surface area (Å²) in [6.07, 6.45) is 11.9. The van der Waals surface area contributed by atoms with E-state index in [1.165, 1.54) is 11.1 Å². The van der Waals surface area contributed by atoms with Crippen molar-refractivity contribution in [2.45, 2.75) is 67.2 Å². The lowest BCUT2D eigenvalue weighted by Gasteiger charge is -2.02. The molecule has 23 heavy (non-hydrogen) atoms. The largest absolute Gasteiger partial charge is 0.228 e. The maximum atomic E-state index is 12.1. The van der Waals surface area contributed by atoms with E-state index in [0.29, 0.717) is 0 Å². The summed E-state index contributed by atoms with van der Waals surface area (Å²) < 4.78 is 24.2. The third-order valence-electron chi connectivity index (χ3n) is 3.55. The third-order valence-corrected chi connectivity index (χ3v) is 4.90. The molecule has 3 heteroatoms. The van der Waals surface area contributed by atoms with Crippen LogP contribution >= 0.6 is 0 Å². The van der Waals surface area contributed by atoms with Crippen LogP contribution in [0.15, 0.2) is 46.6 Å². The molecule has 0 radical (unpaired) electrons. The van der Waals surface area contributed by atoms with Crippen molar-refractivity contribution < 1.29 is 8.42 Å². The summed E-state index contributed by atoms with van der Waals surface area (Å²) in [6, 6.07) is 0. The lowest BCUT2D eigenvalue weighted by molar-refractivity contribution is 0.601. The molecule has 0 saturated carbocycles. The lowest BCUT2D eigenvalue weighted by atomic mass is 10.1. The molecule has 0 saturated heterocycles. The molecule has 0 atom stereocenters. The third kappa shape index (κ3) is 14.2. The minimum atomic E-state index is -3.04. The SMILES string of the molecule is CC(C)=CCC/C(C)=C\CS(=O)(=O)C/C=C(/C)CCC=C(C)C. The van der Waals surface area contributed by atoms with Crippen molar-refractivity contribution in [2.75, 3.05) is 11.5 Å². The molecule has 0 amide bonds. The minimum absolute atomic E-state index is 0.144. The Kier molecular flexibility index (Phi) is 10.9. The molecule has 0 bridgehead atoms. The van der Waals surface area contributed by atoms with Crippen LogP contribution in [0.5, 0.6) is 0 Å². The minimum Gasteiger partial charge on any atom is -0.228 e. The van der Waals surface area contributed by atoms with Gasteiger partial charge in [0.15, 0.2) is 9.84 Å². The molecule has 0 aromatic heterocycles. The lowest BCUT2D eigenvalue weighted by Crippen LogP contribution is -2.08. The van der Waals surface area contributed by atoms with E-state index in [0.717, 1.165) is 36.8 Å². The predicted molar refractivity (Wildman–Crippen MR) is 103 cm³/mol. The Morgan fingerprint density at radius 1 is 0.652 bits per heavy atom. The second-order valence-electron chi connectivity index (χ2n) is 6.82. The average Bonchev–Trinajstić information content (AvgIpc) is 2.42. The molecule has 0 heterocycles. The molecule has 0 aliphatic carbocycles. The molecule has 0 spiro atoms. The van der Waals surface area contributed by atoms with E-state index in [2.05, 4.69) is 39.8 Å². The zero-order valence-corrected chi connectivity index (χ0v) is 16.6. The molecular formula is C20H34O2S. The van der Waals surface area contributed by atoms with Gasteiger partial charge in [0.2, 0.25) is 0 Å². The highest BCUT2D eigenvalue weighted by Crippen LogP contribution is 2.10. The van der Waals surface area contributed by atoms with Crippen LogP contribution in [0.1, 0.15) is 67.2 Å². The Labute approximate surface area is 144 Å². The average molecular weight is 339 g/mol. The van der Waals surface area contributed by atoms with Crippen LogP contribution in [-0.2, 0) is 9.84 Å². The molecule has 0 aliphatic rings. The quantitative estimate of drug-likeness (QED) is 0.473. The van der Waals surface area contributed by atoms with E-state index in [1.807, 2.05) is 26.0 Å². The second kappa shape index (κ2) is 11.4. The summed E-state index contributed by atoms with van der Waals surface area (Å²) in [7, 11) is -3.04. The monoisotopic (exact) mass is 338 g/mol. The van der Waals surface area contributed by atoms with Gasteiger partial charge < -0.3 is 0 Å². The molecular weight excluding hydrogens is 304 g/mol. The van der Waals surface area contributed by atoms with E-state index >= 15 is 0 Å². The first-order valence-electron chi connectivity index (χ1n) is 8.41. The zero-order valence-electron chi connectivity index (χ0n) is 15.8. The van der Waals surface area contributed by atoms with Crippen LogP contribution in [0, 0.1) is 0 Å². The fourth-order valence-corrected chi connectivity index (χ4v) is 3.20. The van der Waals surface area contributed by atoms with E-state index in [4.69, 9.17) is 0 Å².